The van der Waals surface area contributed by atoms with Crippen molar-refractivity contribution in [2.75, 3.05) is 56.1 Å². The number of nitrogens with zero attached hydrogens (tertiary/aromatic N) is 1. The third-order valence-electron chi connectivity index (χ3n) is 5.67. The fraction of sp³-hybridized carbons (Fsp3) is 0.231. The Bertz CT molecular complexity index is 1280. The maximum Gasteiger partial charge on any atom is 0.259 e. The predicted molar refractivity (Wildman–Crippen MR) is 147 cm³/mol. The zero-order chi connectivity index (χ0) is 25.7. The van der Waals surface area contributed by atoms with Crippen LogP contribution in [0.2, 0.25) is 0 Å². The normalized spacial score (nSPS) is 13.2. The molecule has 0 bridgehead atoms. The number of rotatable bonds is 7. The standard InChI is InChI=1S/C26H25Br2N3O5/c1-34-23-7-3-16(27)13-19(23)25(32)29-18-5-6-22(31-9-11-36-12-10-31)21(15-18)30-26(33)20-14-17(28)4-8-24(20)35-2/h3-8,13-15H,9-12H2,1-2H3,(H,29,32)(H,30,33). The molecule has 2 amide bonds. The second-order valence-corrected chi connectivity index (χ2v) is 9.76. The van der Waals surface area contributed by atoms with Crippen molar-refractivity contribution >= 4 is 60.7 Å². The molecule has 1 aliphatic heterocycles. The van der Waals surface area contributed by atoms with Crippen LogP contribution in [-0.4, -0.2) is 52.3 Å². The number of hydrogen-bond donors (Lipinski definition) is 2. The molecule has 0 aliphatic carbocycles. The van der Waals surface area contributed by atoms with E-state index in [1.165, 1.54) is 14.2 Å². The fourth-order valence-corrected chi connectivity index (χ4v) is 4.62. The van der Waals surface area contributed by atoms with Crippen LogP contribution in [0.1, 0.15) is 20.7 Å². The second-order valence-electron chi connectivity index (χ2n) is 7.93. The van der Waals surface area contributed by atoms with Crippen molar-refractivity contribution in [1.82, 2.24) is 0 Å². The summed E-state index contributed by atoms with van der Waals surface area (Å²) in [7, 11) is 3.03. The van der Waals surface area contributed by atoms with Crippen molar-refractivity contribution in [2.45, 2.75) is 0 Å². The minimum absolute atomic E-state index is 0.334. The molecule has 2 N–H and O–H groups in total. The van der Waals surface area contributed by atoms with Gasteiger partial charge in [0.05, 0.1) is 49.9 Å². The van der Waals surface area contributed by atoms with Crippen LogP contribution in [0.4, 0.5) is 17.1 Å². The van der Waals surface area contributed by atoms with Gasteiger partial charge in [-0.05, 0) is 54.6 Å². The van der Waals surface area contributed by atoms with Gasteiger partial charge in [-0.2, -0.15) is 0 Å². The molecular formula is C26H25Br2N3O5. The highest BCUT2D eigenvalue weighted by atomic mass is 79.9. The van der Waals surface area contributed by atoms with Crippen molar-refractivity contribution in [3.05, 3.63) is 74.7 Å². The Morgan fingerprint density at radius 2 is 1.36 bits per heavy atom. The maximum absolute atomic E-state index is 13.3. The molecule has 0 radical (unpaired) electrons. The number of carbonyl (C=O) groups is 2. The van der Waals surface area contributed by atoms with Crippen molar-refractivity contribution in [3.63, 3.8) is 0 Å². The molecule has 1 saturated heterocycles. The van der Waals surface area contributed by atoms with Gasteiger partial charge in [0, 0.05) is 27.7 Å². The lowest BCUT2D eigenvalue weighted by atomic mass is 10.1. The summed E-state index contributed by atoms with van der Waals surface area (Å²) in [6.45, 7) is 2.55. The number of halogens is 2. The molecule has 1 fully saturated rings. The lowest BCUT2D eigenvalue weighted by molar-refractivity contribution is 0.101. The van der Waals surface area contributed by atoms with E-state index in [0.717, 1.165) is 14.6 Å². The van der Waals surface area contributed by atoms with E-state index in [1.807, 2.05) is 12.1 Å². The van der Waals surface area contributed by atoms with E-state index in [2.05, 4.69) is 47.4 Å². The van der Waals surface area contributed by atoms with Crippen LogP contribution in [0.5, 0.6) is 11.5 Å². The van der Waals surface area contributed by atoms with Crippen LogP contribution in [0.15, 0.2) is 63.5 Å². The minimum Gasteiger partial charge on any atom is -0.496 e. The maximum atomic E-state index is 13.3. The molecule has 1 aliphatic rings. The third-order valence-corrected chi connectivity index (χ3v) is 6.65. The average molecular weight is 619 g/mol. The Hall–Kier alpha value is -3.08. The first-order chi connectivity index (χ1) is 17.4. The van der Waals surface area contributed by atoms with Crippen molar-refractivity contribution in [1.29, 1.82) is 0 Å². The highest BCUT2D eigenvalue weighted by molar-refractivity contribution is 9.10. The summed E-state index contributed by atoms with van der Waals surface area (Å²) in [5.41, 5.74) is 2.68. The number of amides is 2. The van der Waals surface area contributed by atoms with E-state index in [1.54, 1.807) is 42.5 Å². The van der Waals surface area contributed by atoms with Gasteiger partial charge in [0.15, 0.2) is 0 Å². The molecule has 0 saturated carbocycles. The van der Waals surface area contributed by atoms with Gasteiger partial charge in [-0.15, -0.1) is 0 Å². The Labute approximate surface area is 226 Å². The zero-order valence-electron chi connectivity index (χ0n) is 19.8. The minimum atomic E-state index is -0.335. The summed E-state index contributed by atoms with van der Waals surface area (Å²) < 4.78 is 17.7. The van der Waals surface area contributed by atoms with Gasteiger partial charge in [0.25, 0.3) is 11.8 Å². The first-order valence-electron chi connectivity index (χ1n) is 11.2. The molecule has 0 aromatic heterocycles. The van der Waals surface area contributed by atoms with Crippen molar-refractivity contribution in [2.24, 2.45) is 0 Å². The Morgan fingerprint density at radius 3 is 1.92 bits per heavy atom. The molecule has 36 heavy (non-hydrogen) atoms. The summed E-state index contributed by atoms with van der Waals surface area (Å²) in [4.78, 5) is 28.5. The quantitative estimate of drug-likeness (QED) is 0.360. The Morgan fingerprint density at radius 1 is 0.806 bits per heavy atom. The summed E-state index contributed by atoms with van der Waals surface area (Å²) >= 11 is 6.81. The number of hydrogen-bond acceptors (Lipinski definition) is 6. The molecular weight excluding hydrogens is 594 g/mol. The number of methoxy groups -OCH3 is 2. The number of carbonyl (C=O) groups excluding carboxylic acids is 2. The number of ether oxygens (including phenoxy) is 3. The Kier molecular flexibility index (Phi) is 8.50. The van der Waals surface area contributed by atoms with E-state index >= 15 is 0 Å². The summed E-state index contributed by atoms with van der Waals surface area (Å²) in [6, 6.07) is 15.9. The number of anilines is 3. The molecule has 3 aromatic carbocycles. The topological polar surface area (TPSA) is 89.1 Å². The SMILES string of the molecule is COc1ccc(Br)cc1C(=O)Nc1ccc(N2CCOCC2)c(NC(=O)c2cc(Br)ccc2OC)c1. The smallest absolute Gasteiger partial charge is 0.259 e. The van der Waals surface area contributed by atoms with Gasteiger partial charge in [0.1, 0.15) is 11.5 Å². The number of morpholine rings is 1. The fourth-order valence-electron chi connectivity index (χ4n) is 3.90. The first kappa shape index (κ1) is 26.0. The first-order valence-corrected chi connectivity index (χ1v) is 12.7. The number of benzene rings is 3. The van der Waals surface area contributed by atoms with Crippen LogP contribution in [0, 0.1) is 0 Å². The van der Waals surface area contributed by atoms with Gasteiger partial charge in [0.2, 0.25) is 0 Å². The number of nitrogens with one attached hydrogen (secondary N) is 2. The summed E-state index contributed by atoms with van der Waals surface area (Å²) in [5.74, 6) is 0.240. The monoisotopic (exact) mass is 617 g/mol. The van der Waals surface area contributed by atoms with Crippen LogP contribution in [-0.2, 0) is 4.74 Å². The third kappa shape index (κ3) is 6.00. The molecule has 3 aromatic rings. The Balaban J connectivity index is 1.66. The highest BCUT2D eigenvalue weighted by Gasteiger charge is 2.20. The molecule has 1 heterocycles. The van der Waals surface area contributed by atoms with Crippen molar-refractivity contribution in [3.8, 4) is 11.5 Å². The zero-order valence-corrected chi connectivity index (χ0v) is 22.9. The molecule has 0 unspecified atom stereocenters. The molecule has 0 atom stereocenters. The van der Waals surface area contributed by atoms with Crippen LogP contribution >= 0.6 is 31.9 Å². The van der Waals surface area contributed by atoms with E-state index in [-0.39, 0.29) is 11.8 Å². The summed E-state index contributed by atoms with van der Waals surface area (Å²) in [5, 5.41) is 5.91. The van der Waals surface area contributed by atoms with Gasteiger partial charge < -0.3 is 29.7 Å². The molecule has 4 rings (SSSR count). The highest BCUT2D eigenvalue weighted by Crippen LogP contribution is 2.33. The van der Waals surface area contributed by atoms with Crippen molar-refractivity contribution < 1.29 is 23.8 Å². The van der Waals surface area contributed by atoms with E-state index in [9.17, 15) is 9.59 Å². The van der Waals surface area contributed by atoms with E-state index in [0.29, 0.717) is 60.3 Å². The average Bonchev–Trinajstić information content (AvgIpc) is 2.89. The van der Waals surface area contributed by atoms with Gasteiger partial charge in [-0.1, -0.05) is 31.9 Å². The lowest BCUT2D eigenvalue weighted by Crippen LogP contribution is -2.36. The van der Waals surface area contributed by atoms with Crippen LogP contribution in [0.25, 0.3) is 0 Å². The van der Waals surface area contributed by atoms with E-state index in [4.69, 9.17) is 14.2 Å². The summed E-state index contributed by atoms with van der Waals surface area (Å²) in [6.07, 6.45) is 0. The van der Waals surface area contributed by atoms with E-state index < -0.39 is 0 Å². The van der Waals surface area contributed by atoms with Gasteiger partial charge in [-0.3, -0.25) is 9.59 Å². The molecule has 8 nitrogen and oxygen atoms in total. The lowest BCUT2D eigenvalue weighted by Gasteiger charge is -2.31. The molecule has 0 spiro atoms. The predicted octanol–water partition coefficient (Wildman–Crippen LogP) is 5.57. The van der Waals surface area contributed by atoms with Gasteiger partial charge in [-0.25, -0.2) is 0 Å². The molecule has 188 valence electrons. The second kappa shape index (κ2) is 11.8. The largest absolute Gasteiger partial charge is 0.496 e. The van der Waals surface area contributed by atoms with Gasteiger partial charge >= 0.3 is 0 Å². The molecule has 10 heteroatoms. The van der Waals surface area contributed by atoms with Crippen LogP contribution in [0.3, 0.4) is 0 Å². The van der Waals surface area contributed by atoms with Crippen LogP contribution < -0.4 is 25.0 Å².